The first-order chi connectivity index (χ1) is 22.1. The van der Waals surface area contributed by atoms with Crippen LogP contribution in [0, 0.1) is 12.7 Å². The van der Waals surface area contributed by atoms with E-state index in [1.165, 1.54) is 12.1 Å². The average molecular weight is 665 g/mol. The van der Waals surface area contributed by atoms with Gasteiger partial charge in [0.2, 0.25) is 0 Å². The van der Waals surface area contributed by atoms with Crippen molar-refractivity contribution in [2.24, 2.45) is 0 Å². The summed E-state index contributed by atoms with van der Waals surface area (Å²) in [5.41, 5.74) is 0.969. The Morgan fingerprint density at radius 3 is 2.38 bits per heavy atom. The van der Waals surface area contributed by atoms with Gasteiger partial charge in [0.1, 0.15) is 11.4 Å². The van der Waals surface area contributed by atoms with Crippen LogP contribution in [0.15, 0.2) is 66.7 Å². The average Bonchev–Trinajstić information content (AvgIpc) is 3.45. The van der Waals surface area contributed by atoms with E-state index < -0.39 is 43.9 Å². The molecule has 0 aliphatic carbocycles. The zero-order chi connectivity index (χ0) is 34.6. The van der Waals surface area contributed by atoms with Crippen LogP contribution < -0.4 is 5.32 Å². The Morgan fingerprint density at radius 2 is 1.72 bits per heavy atom. The van der Waals surface area contributed by atoms with Gasteiger partial charge in [0.25, 0.3) is 5.91 Å². The maximum atomic E-state index is 15.7. The number of ether oxygens (including phenoxy) is 1. The number of nitrogens with zero attached hydrogens (tertiary/aromatic N) is 1. The molecular formula is C37H49FN2O6Si. The first-order valence-corrected chi connectivity index (χ1v) is 19.1. The lowest BCUT2D eigenvalue weighted by molar-refractivity contribution is 0.0523. The molecule has 1 heterocycles. The van der Waals surface area contributed by atoms with E-state index in [4.69, 9.17) is 9.16 Å². The second-order valence-electron chi connectivity index (χ2n) is 14.0. The summed E-state index contributed by atoms with van der Waals surface area (Å²) in [5, 5.41) is 26.1. The molecule has 4 rings (SSSR count). The van der Waals surface area contributed by atoms with Crippen LogP contribution in [0.2, 0.25) is 18.1 Å². The number of carboxylic acid groups (broad SMARTS) is 1. The Hall–Kier alpha value is -3.41. The van der Waals surface area contributed by atoms with Gasteiger partial charge in [-0.25, -0.2) is 14.1 Å². The van der Waals surface area contributed by atoms with Crippen LogP contribution in [0.5, 0.6) is 0 Å². The molecule has 1 fully saturated rings. The van der Waals surface area contributed by atoms with Crippen molar-refractivity contribution in [1.29, 1.82) is 0 Å². The van der Waals surface area contributed by atoms with Gasteiger partial charge in [0, 0.05) is 37.9 Å². The summed E-state index contributed by atoms with van der Waals surface area (Å²) >= 11 is 0. The van der Waals surface area contributed by atoms with Gasteiger partial charge in [-0.05, 0) is 79.2 Å². The Balaban J connectivity index is 1.78. The first-order valence-electron chi connectivity index (χ1n) is 16.2. The molecule has 0 saturated carbocycles. The first kappa shape index (κ1) is 36.4. The Bertz CT molecular complexity index is 1570. The summed E-state index contributed by atoms with van der Waals surface area (Å²) in [6.45, 7) is 13.6. The van der Waals surface area contributed by atoms with Gasteiger partial charge in [-0.1, -0.05) is 74.9 Å². The number of nitrogens with one attached hydrogen (secondary N) is 1. The van der Waals surface area contributed by atoms with Gasteiger partial charge < -0.3 is 24.7 Å². The van der Waals surface area contributed by atoms with E-state index >= 15 is 4.39 Å². The molecular weight excluding hydrogens is 615 g/mol. The number of aryl methyl sites for hydroxylation is 1. The van der Waals surface area contributed by atoms with Gasteiger partial charge in [0.15, 0.2) is 8.32 Å². The van der Waals surface area contributed by atoms with Crippen molar-refractivity contribution in [2.45, 2.75) is 82.8 Å². The molecule has 3 aromatic rings. The fourth-order valence-corrected chi connectivity index (χ4v) is 7.38. The summed E-state index contributed by atoms with van der Waals surface area (Å²) < 4.78 is 27.5. The van der Waals surface area contributed by atoms with Crippen LogP contribution in [0.25, 0.3) is 11.1 Å². The Kier molecular flexibility index (Phi) is 11.5. The zero-order valence-electron chi connectivity index (χ0n) is 28.6. The van der Waals surface area contributed by atoms with Crippen molar-refractivity contribution < 1.29 is 33.4 Å². The molecule has 0 radical (unpaired) electrons. The topological polar surface area (TPSA) is 108 Å². The summed E-state index contributed by atoms with van der Waals surface area (Å²) in [4.78, 5) is 27.7. The lowest BCUT2D eigenvalue weighted by atomic mass is 9.78. The number of halogens is 1. The number of hydrogen-bond donors (Lipinski definition) is 3. The molecule has 3 atom stereocenters. The number of carbonyl (C=O) groups is 2. The van der Waals surface area contributed by atoms with Crippen LogP contribution >= 0.6 is 0 Å². The molecule has 10 heteroatoms. The van der Waals surface area contributed by atoms with Gasteiger partial charge in [0.05, 0.1) is 12.1 Å². The summed E-state index contributed by atoms with van der Waals surface area (Å²) in [6.07, 6.45) is -0.453. The molecule has 1 unspecified atom stereocenters. The summed E-state index contributed by atoms with van der Waals surface area (Å²) in [7, 11) is -0.671. The Labute approximate surface area is 279 Å². The molecule has 0 bridgehead atoms. The van der Waals surface area contributed by atoms with Crippen molar-refractivity contribution in [2.75, 3.05) is 26.8 Å². The van der Waals surface area contributed by atoms with E-state index in [1.54, 1.807) is 37.4 Å². The highest BCUT2D eigenvalue weighted by molar-refractivity contribution is 6.74. The molecule has 254 valence electrons. The molecule has 3 N–H and O–H groups in total. The molecule has 8 nitrogen and oxygen atoms in total. The molecule has 1 aliphatic rings. The highest BCUT2D eigenvalue weighted by Crippen LogP contribution is 2.42. The maximum absolute atomic E-state index is 15.7. The van der Waals surface area contributed by atoms with Crippen molar-refractivity contribution >= 4 is 20.3 Å². The standard InChI is InChI=1S/C37H49FN2O6Si/c1-25-13-10-14-26(21-25)33-29(17-12-18-30(33)38)37(44,19-8-9-20-45-5)28-16-11-15-27(22-28)34(41)40(35(42)43)31-23-39-24-32(31)46-47(6,7)36(2,3)4/h10-18,21-22,31-32,39,44H,8-9,19-20,23-24H2,1-7H3,(H,42,43)/t31-,32+,37?/m1/s1. The predicted octanol–water partition coefficient (Wildman–Crippen LogP) is 7.34. The van der Waals surface area contributed by atoms with E-state index in [2.05, 4.69) is 39.2 Å². The van der Waals surface area contributed by atoms with Crippen molar-refractivity contribution in [3.63, 3.8) is 0 Å². The molecule has 0 spiro atoms. The third-order valence-corrected chi connectivity index (χ3v) is 14.1. The number of aliphatic hydroxyl groups is 1. The number of unbranched alkanes of at least 4 members (excludes halogenated alkanes) is 1. The monoisotopic (exact) mass is 664 g/mol. The second kappa shape index (κ2) is 14.8. The minimum absolute atomic E-state index is 0.103. The minimum Gasteiger partial charge on any atom is -0.465 e. The van der Waals surface area contributed by atoms with E-state index in [9.17, 15) is 19.8 Å². The van der Waals surface area contributed by atoms with E-state index in [-0.39, 0.29) is 29.1 Å². The maximum Gasteiger partial charge on any atom is 0.414 e. The quantitative estimate of drug-likeness (QED) is 0.137. The van der Waals surface area contributed by atoms with Crippen LogP contribution in [0.4, 0.5) is 9.18 Å². The predicted molar refractivity (Wildman–Crippen MR) is 185 cm³/mol. The van der Waals surface area contributed by atoms with Crippen LogP contribution in [0.1, 0.15) is 67.1 Å². The minimum atomic E-state index is -2.28. The van der Waals surface area contributed by atoms with Crippen LogP contribution in [0.3, 0.4) is 0 Å². The van der Waals surface area contributed by atoms with E-state index in [0.29, 0.717) is 42.7 Å². The number of carbonyl (C=O) groups excluding carboxylic acids is 1. The SMILES string of the molecule is COCCCCC(O)(c1cccc(C(=O)N(C(=O)O)[C@@H]2CNC[C@@H]2O[Si](C)(C)C(C)(C)C)c1)c1cccc(F)c1-c1cccc(C)c1. The number of methoxy groups -OCH3 is 1. The van der Waals surface area contributed by atoms with Crippen LogP contribution in [-0.4, -0.2) is 74.4 Å². The fraction of sp³-hybridized carbons (Fsp3) is 0.459. The van der Waals surface area contributed by atoms with E-state index in [1.807, 2.05) is 31.2 Å². The summed E-state index contributed by atoms with van der Waals surface area (Å²) in [6, 6.07) is 17.8. The smallest absolute Gasteiger partial charge is 0.414 e. The number of amides is 2. The molecule has 47 heavy (non-hydrogen) atoms. The van der Waals surface area contributed by atoms with Gasteiger partial charge in [-0.3, -0.25) is 4.79 Å². The van der Waals surface area contributed by atoms with Crippen molar-refractivity contribution in [1.82, 2.24) is 10.2 Å². The fourth-order valence-electron chi connectivity index (χ4n) is 6.03. The van der Waals surface area contributed by atoms with E-state index in [0.717, 1.165) is 10.5 Å². The summed E-state index contributed by atoms with van der Waals surface area (Å²) in [5.74, 6) is -1.19. The van der Waals surface area contributed by atoms with Gasteiger partial charge in [-0.2, -0.15) is 0 Å². The highest BCUT2D eigenvalue weighted by Gasteiger charge is 2.46. The molecule has 1 aliphatic heterocycles. The molecule has 0 aromatic heterocycles. The second-order valence-corrected chi connectivity index (χ2v) is 18.8. The lowest BCUT2D eigenvalue weighted by Gasteiger charge is -2.40. The molecule has 2 amide bonds. The third-order valence-electron chi connectivity index (χ3n) is 9.63. The zero-order valence-corrected chi connectivity index (χ0v) is 29.6. The van der Waals surface area contributed by atoms with Gasteiger partial charge >= 0.3 is 6.09 Å². The largest absolute Gasteiger partial charge is 0.465 e. The Morgan fingerprint density at radius 1 is 1.02 bits per heavy atom. The molecule has 1 saturated heterocycles. The number of rotatable bonds is 12. The van der Waals surface area contributed by atoms with Gasteiger partial charge in [-0.15, -0.1) is 0 Å². The van der Waals surface area contributed by atoms with Crippen molar-refractivity contribution in [3.05, 3.63) is 94.8 Å². The normalized spacial score (nSPS) is 18.1. The number of hydrogen-bond acceptors (Lipinski definition) is 6. The number of imide groups is 1. The van der Waals surface area contributed by atoms with Crippen LogP contribution in [-0.2, 0) is 14.8 Å². The lowest BCUT2D eigenvalue weighted by Crippen LogP contribution is -2.54. The third kappa shape index (κ3) is 8.01. The highest BCUT2D eigenvalue weighted by atomic mass is 28.4. The molecule has 3 aromatic carbocycles. The number of benzene rings is 3. The van der Waals surface area contributed by atoms with Crippen molar-refractivity contribution in [3.8, 4) is 11.1 Å².